The Labute approximate surface area is 102 Å². The molecule has 0 aliphatic heterocycles. The number of fused-ring (bicyclic) bond motifs is 1. The largest absolute Gasteiger partial charge is 0.495 e. The number of nitrogens with two attached hydrogens (primary N) is 1. The van der Waals surface area contributed by atoms with Crippen LogP contribution in [0, 0.1) is 0 Å². The Bertz CT molecular complexity index is 613. The molecule has 0 fully saturated rings. The summed E-state index contributed by atoms with van der Waals surface area (Å²) in [7, 11) is 1.47. The maximum Gasteiger partial charge on any atom is 0.339 e. The lowest BCUT2D eigenvalue weighted by atomic mass is 10.1. The molecule has 0 spiro atoms. The molecule has 0 aliphatic rings. The van der Waals surface area contributed by atoms with Crippen molar-refractivity contribution in [2.75, 3.05) is 12.8 Å². The summed E-state index contributed by atoms with van der Waals surface area (Å²) in [6, 6.07) is 3.16. The van der Waals surface area contributed by atoms with Gasteiger partial charge in [-0.3, -0.25) is 4.98 Å². The van der Waals surface area contributed by atoms with Gasteiger partial charge >= 0.3 is 5.97 Å². The third kappa shape index (κ3) is 1.85. The Morgan fingerprint density at radius 1 is 1.53 bits per heavy atom. The molecule has 6 heteroatoms. The topological polar surface area (TPSA) is 85.4 Å². The van der Waals surface area contributed by atoms with Crippen molar-refractivity contribution in [2.24, 2.45) is 0 Å². The average molecular weight is 253 g/mol. The SMILES string of the molecule is COc1cc2c(N)c(C(=O)O)cnc2cc1Cl. The second-order valence-electron chi connectivity index (χ2n) is 3.39. The molecule has 2 rings (SSSR count). The van der Waals surface area contributed by atoms with Gasteiger partial charge in [0.05, 0.1) is 23.3 Å². The van der Waals surface area contributed by atoms with Crippen LogP contribution in [0.25, 0.3) is 10.9 Å². The van der Waals surface area contributed by atoms with Crippen molar-refractivity contribution in [2.45, 2.75) is 0 Å². The van der Waals surface area contributed by atoms with Crippen LogP contribution in [0.1, 0.15) is 10.4 Å². The minimum atomic E-state index is -1.12. The van der Waals surface area contributed by atoms with E-state index in [1.165, 1.54) is 13.3 Å². The summed E-state index contributed by atoms with van der Waals surface area (Å²) >= 11 is 5.94. The van der Waals surface area contributed by atoms with E-state index in [4.69, 9.17) is 27.2 Å². The number of aromatic carboxylic acids is 1. The van der Waals surface area contributed by atoms with E-state index in [1.807, 2.05) is 0 Å². The van der Waals surface area contributed by atoms with Gasteiger partial charge in [0.25, 0.3) is 0 Å². The summed E-state index contributed by atoms with van der Waals surface area (Å²) < 4.78 is 5.05. The number of carboxylic acids is 1. The molecule has 1 aromatic heterocycles. The Balaban J connectivity index is 2.80. The molecular formula is C11H9ClN2O3. The third-order valence-corrected chi connectivity index (χ3v) is 2.71. The van der Waals surface area contributed by atoms with Crippen LogP contribution < -0.4 is 10.5 Å². The normalized spacial score (nSPS) is 10.5. The molecule has 1 heterocycles. The minimum absolute atomic E-state index is 0.0399. The summed E-state index contributed by atoms with van der Waals surface area (Å²) in [5, 5.41) is 9.83. The standard InChI is InChI=1S/C11H9ClN2O3/c1-17-9-2-5-8(3-7(9)12)14-4-6(10(5)13)11(15)16/h2-4H,1H3,(H2,13,14)(H,15,16). The highest BCUT2D eigenvalue weighted by Crippen LogP contribution is 2.32. The van der Waals surface area contributed by atoms with Gasteiger partial charge in [0.2, 0.25) is 0 Å². The summed E-state index contributed by atoms with van der Waals surface area (Å²) in [5.41, 5.74) is 6.41. The molecular weight excluding hydrogens is 244 g/mol. The van der Waals surface area contributed by atoms with E-state index >= 15 is 0 Å². The Morgan fingerprint density at radius 3 is 2.82 bits per heavy atom. The predicted molar refractivity (Wildman–Crippen MR) is 64.7 cm³/mol. The molecule has 5 nitrogen and oxygen atoms in total. The summed E-state index contributed by atoms with van der Waals surface area (Å²) in [4.78, 5) is 14.9. The number of pyridine rings is 1. The molecule has 0 radical (unpaired) electrons. The molecule has 0 saturated carbocycles. The zero-order valence-electron chi connectivity index (χ0n) is 8.90. The van der Waals surface area contributed by atoms with Crippen LogP contribution in [-0.2, 0) is 0 Å². The smallest absolute Gasteiger partial charge is 0.339 e. The molecule has 0 saturated heterocycles. The quantitative estimate of drug-likeness (QED) is 0.856. The van der Waals surface area contributed by atoms with E-state index < -0.39 is 5.97 Å². The fraction of sp³-hybridized carbons (Fsp3) is 0.0909. The van der Waals surface area contributed by atoms with E-state index in [0.717, 1.165) is 0 Å². The first-order valence-electron chi connectivity index (χ1n) is 4.69. The Morgan fingerprint density at radius 2 is 2.24 bits per heavy atom. The van der Waals surface area contributed by atoms with Crippen molar-refractivity contribution in [1.82, 2.24) is 4.98 Å². The Hall–Kier alpha value is -2.01. The predicted octanol–water partition coefficient (Wildman–Crippen LogP) is 2.18. The number of nitrogens with zero attached hydrogens (tertiary/aromatic N) is 1. The van der Waals surface area contributed by atoms with Crippen LogP contribution in [0.5, 0.6) is 5.75 Å². The number of hydrogen-bond donors (Lipinski definition) is 2. The van der Waals surface area contributed by atoms with Gasteiger partial charge in [-0.25, -0.2) is 4.79 Å². The van der Waals surface area contributed by atoms with E-state index in [0.29, 0.717) is 21.7 Å². The lowest BCUT2D eigenvalue weighted by molar-refractivity contribution is 0.0698. The van der Waals surface area contributed by atoms with Gasteiger partial charge in [-0.2, -0.15) is 0 Å². The number of nitrogen functional groups attached to an aromatic ring is 1. The molecule has 1 aromatic carbocycles. The van der Waals surface area contributed by atoms with Gasteiger partial charge in [-0.05, 0) is 12.1 Å². The van der Waals surface area contributed by atoms with Crippen molar-refractivity contribution < 1.29 is 14.6 Å². The van der Waals surface area contributed by atoms with Crippen LogP contribution in [0.2, 0.25) is 5.02 Å². The zero-order valence-corrected chi connectivity index (χ0v) is 9.65. The maximum absolute atomic E-state index is 10.9. The molecule has 0 atom stereocenters. The number of aromatic nitrogens is 1. The number of halogens is 1. The number of ether oxygens (including phenoxy) is 1. The van der Waals surface area contributed by atoms with Crippen LogP contribution in [0.3, 0.4) is 0 Å². The first-order chi connectivity index (χ1) is 8.04. The van der Waals surface area contributed by atoms with Crippen LogP contribution in [0.15, 0.2) is 18.3 Å². The highest BCUT2D eigenvalue weighted by Gasteiger charge is 2.14. The lowest BCUT2D eigenvalue weighted by Crippen LogP contribution is -2.04. The molecule has 0 aliphatic carbocycles. The van der Waals surface area contributed by atoms with Crippen molar-refractivity contribution in [3.63, 3.8) is 0 Å². The third-order valence-electron chi connectivity index (χ3n) is 2.41. The number of anilines is 1. The summed E-state index contributed by atoms with van der Waals surface area (Å²) in [6.07, 6.45) is 1.21. The lowest BCUT2D eigenvalue weighted by Gasteiger charge is -2.08. The molecule has 2 aromatic rings. The maximum atomic E-state index is 10.9. The van der Waals surface area contributed by atoms with Gasteiger partial charge in [0.15, 0.2) is 0 Å². The fourth-order valence-corrected chi connectivity index (χ4v) is 1.78. The van der Waals surface area contributed by atoms with E-state index in [2.05, 4.69) is 4.98 Å². The highest BCUT2D eigenvalue weighted by atomic mass is 35.5. The first kappa shape index (κ1) is 11.5. The second kappa shape index (κ2) is 4.10. The molecule has 88 valence electrons. The zero-order chi connectivity index (χ0) is 12.6. The van der Waals surface area contributed by atoms with Crippen molar-refractivity contribution in [3.05, 3.63) is 28.9 Å². The number of benzene rings is 1. The summed E-state index contributed by atoms with van der Waals surface area (Å²) in [5.74, 6) is -0.693. The second-order valence-corrected chi connectivity index (χ2v) is 3.80. The summed E-state index contributed by atoms with van der Waals surface area (Å²) in [6.45, 7) is 0. The van der Waals surface area contributed by atoms with Gasteiger partial charge in [-0.15, -0.1) is 0 Å². The number of rotatable bonds is 2. The molecule has 0 unspecified atom stereocenters. The fourth-order valence-electron chi connectivity index (χ4n) is 1.54. The van der Waals surface area contributed by atoms with Crippen LogP contribution in [-0.4, -0.2) is 23.2 Å². The number of methoxy groups -OCH3 is 1. The van der Waals surface area contributed by atoms with Gasteiger partial charge < -0.3 is 15.6 Å². The molecule has 0 amide bonds. The number of hydrogen-bond acceptors (Lipinski definition) is 4. The van der Waals surface area contributed by atoms with Gasteiger partial charge in [0.1, 0.15) is 11.3 Å². The number of carbonyl (C=O) groups is 1. The van der Waals surface area contributed by atoms with Crippen LogP contribution >= 0.6 is 11.6 Å². The van der Waals surface area contributed by atoms with E-state index in [9.17, 15) is 4.79 Å². The monoisotopic (exact) mass is 252 g/mol. The number of carboxylic acid groups (broad SMARTS) is 1. The van der Waals surface area contributed by atoms with Gasteiger partial charge in [-0.1, -0.05) is 11.6 Å². The Kier molecular flexibility index (Phi) is 2.77. The van der Waals surface area contributed by atoms with E-state index in [-0.39, 0.29) is 11.3 Å². The average Bonchev–Trinajstić information content (AvgIpc) is 2.28. The van der Waals surface area contributed by atoms with Crippen molar-refractivity contribution in [1.29, 1.82) is 0 Å². The first-order valence-corrected chi connectivity index (χ1v) is 5.07. The van der Waals surface area contributed by atoms with Crippen LogP contribution in [0.4, 0.5) is 5.69 Å². The van der Waals surface area contributed by atoms with Crippen molar-refractivity contribution in [3.8, 4) is 5.75 Å². The molecule has 17 heavy (non-hydrogen) atoms. The van der Waals surface area contributed by atoms with Gasteiger partial charge in [0, 0.05) is 11.6 Å². The minimum Gasteiger partial charge on any atom is -0.495 e. The molecule has 0 bridgehead atoms. The highest BCUT2D eigenvalue weighted by molar-refractivity contribution is 6.33. The van der Waals surface area contributed by atoms with Crippen molar-refractivity contribution >= 4 is 34.2 Å². The molecule has 3 N–H and O–H groups in total. The van der Waals surface area contributed by atoms with E-state index in [1.54, 1.807) is 12.1 Å².